The number of hydrogen-bond donors (Lipinski definition) is 1. The van der Waals surface area contributed by atoms with Crippen molar-refractivity contribution >= 4 is 17.4 Å². The predicted octanol–water partition coefficient (Wildman–Crippen LogP) is 3.88. The first kappa shape index (κ1) is 14.7. The Morgan fingerprint density at radius 1 is 1.20 bits per heavy atom. The van der Waals surface area contributed by atoms with E-state index in [0.717, 1.165) is 18.7 Å². The van der Waals surface area contributed by atoms with Crippen LogP contribution >= 0.6 is 11.6 Å². The van der Waals surface area contributed by atoms with Crippen LogP contribution in [0.4, 0.5) is 10.2 Å². The van der Waals surface area contributed by atoms with Gasteiger partial charge in [-0.3, -0.25) is 0 Å². The van der Waals surface area contributed by atoms with Crippen molar-refractivity contribution in [2.75, 3.05) is 11.9 Å². The third kappa shape index (κ3) is 4.17. The number of benzene rings is 1. The molecule has 0 bridgehead atoms. The third-order valence-corrected chi connectivity index (χ3v) is 3.07. The van der Waals surface area contributed by atoms with E-state index in [1.165, 1.54) is 6.07 Å². The van der Waals surface area contributed by atoms with Crippen molar-refractivity contribution in [3.63, 3.8) is 0 Å². The maximum atomic E-state index is 13.5. The number of aryl methyl sites for hydroxylation is 1. The second kappa shape index (κ2) is 7.20. The van der Waals surface area contributed by atoms with Crippen molar-refractivity contribution in [2.24, 2.45) is 0 Å². The van der Waals surface area contributed by atoms with Gasteiger partial charge in [0.1, 0.15) is 22.6 Å². The number of halogens is 2. The van der Waals surface area contributed by atoms with Crippen LogP contribution in [-0.4, -0.2) is 16.5 Å². The van der Waals surface area contributed by atoms with E-state index in [1.807, 2.05) is 6.07 Å². The smallest absolute Gasteiger partial charge is 0.134 e. The van der Waals surface area contributed by atoms with Crippen LogP contribution in [0.25, 0.3) is 0 Å². The highest BCUT2D eigenvalue weighted by Crippen LogP contribution is 2.13. The lowest BCUT2D eigenvalue weighted by Gasteiger charge is -2.08. The Morgan fingerprint density at radius 3 is 2.75 bits per heavy atom. The Bertz CT molecular complexity index is 575. The van der Waals surface area contributed by atoms with Gasteiger partial charge in [-0.05, 0) is 24.5 Å². The quantitative estimate of drug-likeness (QED) is 0.822. The van der Waals surface area contributed by atoms with E-state index in [2.05, 4.69) is 22.2 Å². The second-order valence-electron chi connectivity index (χ2n) is 4.51. The molecule has 1 aromatic heterocycles. The van der Waals surface area contributed by atoms with Gasteiger partial charge in [-0.1, -0.05) is 36.7 Å². The molecule has 3 nitrogen and oxygen atoms in total. The summed E-state index contributed by atoms with van der Waals surface area (Å²) in [7, 11) is 0. The fourth-order valence-electron chi connectivity index (χ4n) is 1.92. The fraction of sp³-hybridized carbons (Fsp3) is 0.333. The largest absolute Gasteiger partial charge is 0.370 e. The van der Waals surface area contributed by atoms with E-state index in [9.17, 15) is 4.39 Å². The lowest BCUT2D eigenvalue weighted by molar-refractivity contribution is 0.610. The summed E-state index contributed by atoms with van der Waals surface area (Å²) in [6.07, 6.45) is 2.36. The number of aromatic nitrogens is 2. The minimum Gasteiger partial charge on any atom is -0.370 e. The summed E-state index contributed by atoms with van der Waals surface area (Å²) in [6, 6.07) is 8.46. The van der Waals surface area contributed by atoms with Crippen LogP contribution in [0.1, 0.15) is 24.7 Å². The number of nitrogens with one attached hydrogen (secondary N) is 1. The van der Waals surface area contributed by atoms with Crippen LogP contribution in [0.5, 0.6) is 0 Å². The SMILES string of the molecule is CCCc1nc(Cl)cc(NCCc2ccccc2F)n1. The molecule has 5 heteroatoms. The van der Waals surface area contributed by atoms with Gasteiger partial charge in [0.05, 0.1) is 0 Å². The van der Waals surface area contributed by atoms with Gasteiger partial charge >= 0.3 is 0 Å². The summed E-state index contributed by atoms with van der Waals surface area (Å²) in [5.74, 6) is 1.24. The van der Waals surface area contributed by atoms with Crippen LogP contribution in [-0.2, 0) is 12.8 Å². The summed E-state index contributed by atoms with van der Waals surface area (Å²) in [5, 5.41) is 3.59. The third-order valence-electron chi connectivity index (χ3n) is 2.87. The van der Waals surface area contributed by atoms with Gasteiger partial charge in [-0.2, -0.15) is 0 Å². The fourth-order valence-corrected chi connectivity index (χ4v) is 2.12. The molecule has 1 heterocycles. The molecular weight excluding hydrogens is 277 g/mol. The van der Waals surface area contributed by atoms with Gasteiger partial charge in [-0.25, -0.2) is 14.4 Å². The molecule has 0 aliphatic carbocycles. The van der Waals surface area contributed by atoms with Crippen LogP contribution in [0.2, 0.25) is 5.15 Å². The molecule has 0 amide bonds. The zero-order valence-corrected chi connectivity index (χ0v) is 12.1. The van der Waals surface area contributed by atoms with Crippen molar-refractivity contribution in [3.05, 3.63) is 52.7 Å². The first-order valence-corrected chi connectivity index (χ1v) is 7.07. The van der Waals surface area contributed by atoms with E-state index in [-0.39, 0.29) is 5.82 Å². The van der Waals surface area contributed by atoms with Crippen LogP contribution in [0.3, 0.4) is 0 Å². The number of nitrogens with zero attached hydrogens (tertiary/aromatic N) is 2. The summed E-state index contributed by atoms with van der Waals surface area (Å²) < 4.78 is 13.5. The molecule has 20 heavy (non-hydrogen) atoms. The van der Waals surface area contributed by atoms with Gasteiger partial charge in [0.2, 0.25) is 0 Å². The molecule has 0 aliphatic rings. The van der Waals surface area contributed by atoms with E-state index < -0.39 is 0 Å². The van der Waals surface area contributed by atoms with Crippen molar-refractivity contribution in [2.45, 2.75) is 26.2 Å². The van der Waals surface area contributed by atoms with Crippen molar-refractivity contribution < 1.29 is 4.39 Å². The topological polar surface area (TPSA) is 37.8 Å². The highest BCUT2D eigenvalue weighted by Gasteiger charge is 2.04. The molecule has 0 unspecified atom stereocenters. The minimum atomic E-state index is -0.179. The van der Waals surface area contributed by atoms with Gasteiger partial charge in [0.15, 0.2) is 0 Å². The summed E-state index contributed by atoms with van der Waals surface area (Å²) >= 11 is 5.96. The molecule has 0 fully saturated rings. The summed E-state index contributed by atoms with van der Waals surface area (Å²) in [5.41, 5.74) is 0.689. The molecule has 1 N–H and O–H groups in total. The molecule has 1 aromatic carbocycles. The van der Waals surface area contributed by atoms with Gasteiger partial charge in [0.25, 0.3) is 0 Å². The zero-order chi connectivity index (χ0) is 14.4. The Hall–Kier alpha value is -1.68. The molecule has 0 atom stereocenters. The van der Waals surface area contributed by atoms with E-state index >= 15 is 0 Å². The molecular formula is C15H17ClFN3. The minimum absolute atomic E-state index is 0.179. The maximum Gasteiger partial charge on any atom is 0.134 e. The summed E-state index contributed by atoms with van der Waals surface area (Å²) in [6.45, 7) is 2.66. The average Bonchev–Trinajstić information content (AvgIpc) is 2.41. The average molecular weight is 294 g/mol. The van der Waals surface area contributed by atoms with Crippen molar-refractivity contribution in [3.8, 4) is 0 Å². The van der Waals surface area contributed by atoms with E-state index in [4.69, 9.17) is 11.6 Å². The van der Waals surface area contributed by atoms with Crippen LogP contribution in [0.15, 0.2) is 30.3 Å². The van der Waals surface area contributed by atoms with Gasteiger partial charge in [-0.15, -0.1) is 0 Å². The van der Waals surface area contributed by atoms with Crippen molar-refractivity contribution in [1.29, 1.82) is 0 Å². The molecule has 2 rings (SSSR count). The summed E-state index contributed by atoms with van der Waals surface area (Å²) in [4.78, 5) is 8.53. The number of hydrogen-bond acceptors (Lipinski definition) is 3. The number of anilines is 1. The highest BCUT2D eigenvalue weighted by atomic mass is 35.5. The normalized spacial score (nSPS) is 10.6. The Morgan fingerprint density at radius 2 is 2.00 bits per heavy atom. The molecule has 0 saturated carbocycles. The monoisotopic (exact) mass is 293 g/mol. The van der Waals surface area contributed by atoms with Crippen molar-refractivity contribution in [1.82, 2.24) is 9.97 Å². The Kier molecular flexibility index (Phi) is 5.30. The molecule has 0 spiro atoms. The van der Waals surface area contributed by atoms with E-state index in [0.29, 0.717) is 29.5 Å². The van der Waals surface area contributed by atoms with Gasteiger partial charge in [0, 0.05) is 19.0 Å². The molecule has 0 saturated heterocycles. The standard InChI is InChI=1S/C15H17ClFN3/c1-2-5-14-19-13(16)10-15(20-14)18-9-8-11-6-3-4-7-12(11)17/h3-4,6-7,10H,2,5,8-9H2,1H3,(H,18,19,20). The first-order valence-electron chi connectivity index (χ1n) is 6.69. The van der Waals surface area contributed by atoms with Crippen LogP contribution in [0, 0.1) is 5.82 Å². The first-order chi connectivity index (χ1) is 9.69. The molecule has 0 aliphatic heterocycles. The van der Waals surface area contributed by atoms with Crippen LogP contribution < -0.4 is 5.32 Å². The highest BCUT2D eigenvalue weighted by molar-refractivity contribution is 6.29. The zero-order valence-electron chi connectivity index (χ0n) is 11.4. The lowest BCUT2D eigenvalue weighted by Crippen LogP contribution is -2.09. The molecule has 2 aromatic rings. The molecule has 0 radical (unpaired) electrons. The maximum absolute atomic E-state index is 13.5. The second-order valence-corrected chi connectivity index (χ2v) is 4.90. The number of rotatable bonds is 6. The predicted molar refractivity (Wildman–Crippen MR) is 79.6 cm³/mol. The molecule has 106 valence electrons. The lowest BCUT2D eigenvalue weighted by atomic mass is 10.1. The van der Waals surface area contributed by atoms with Gasteiger partial charge < -0.3 is 5.32 Å². The van der Waals surface area contributed by atoms with E-state index in [1.54, 1.807) is 18.2 Å². The Labute approximate surface area is 123 Å². The Balaban J connectivity index is 1.95.